The van der Waals surface area contributed by atoms with Crippen LogP contribution in [-0.4, -0.2) is 35.2 Å². The zero-order valence-electron chi connectivity index (χ0n) is 6.45. The second kappa shape index (κ2) is 2.21. The van der Waals surface area contributed by atoms with Crippen LogP contribution in [0.5, 0.6) is 0 Å². The molecule has 1 aliphatic carbocycles. The van der Waals surface area contributed by atoms with Gasteiger partial charge in [-0.2, -0.15) is 0 Å². The first-order valence-corrected chi connectivity index (χ1v) is 4.18. The summed E-state index contributed by atoms with van der Waals surface area (Å²) in [6.45, 7) is 4.81. The Labute approximate surface area is 61.8 Å². The highest BCUT2D eigenvalue weighted by atomic mass is 16.3. The molecule has 2 aliphatic rings. The van der Waals surface area contributed by atoms with E-state index in [1.807, 2.05) is 0 Å². The summed E-state index contributed by atoms with van der Waals surface area (Å²) in [4.78, 5) is 2.48. The predicted octanol–water partition coefficient (Wildman–Crippen LogP) is 0.461. The Hall–Kier alpha value is -0.0800. The Morgan fingerprint density at radius 1 is 1.30 bits per heavy atom. The maximum atomic E-state index is 9.03. The minimum absolute atomic E-state index is 0.0147. The summed E-state index contributed by atoms with van der Waals surface area (Å²) in [5.41, 5.74) is 0. The molecule has 0 aromatic rings. The zero-order chi connectivity index (χ0) is 7.14. The lowest BCUT2D eigenvalue weighted by Gasteiger charge is -2.48. The molecule has 0 aromatic heterocycles. The van der Waals surface area contributed by atoms with Crippen molar-refractivity contribution in [2.45, 2.75) is 31.9 Å². The van der Waals surface area contributed by atoms with Crippen LogP contribution in [0.15, 0.2) is 0 Å². The molecule has 2 nitrogen and oxygen atoms in total. The smallest absolute Gasteiger partial charge is 0.0570 e. The van der Waals surface area contributed by atoms with E-state index in [1.54, 1.807) is 0 Å². The summed E-state index contributed by atoms with van der Waals surface area (Å²) in [6, 6.07) is 0.728. The van der Waals surface area contributed by atoms with Gasteiger partial charge in [0.2, 0.25) is 0 Å². The molecule has 0 spiro atoms. The van der Waals surface area contributed by atoms with Gasteiger partial charge >= 0.3 is 0 Å². The number of aliphatic hydroxyl groups excluding tert-OH is 1. The highest BCUT2D eigenvalue weighted by Crippen LogP contribution is 2.30. The van der Waals surface area contributed by atoms with E-state index in [9.17, 15) is 0 Å². The molecule has 2 fully saturated rings. The summed E-state index contributed by atoms with van der Waals surface area (Å²) < 4.78 is 0. The van der Waals surface area contributed by atoms with Gasteiger partial charge in [0.15, 0.2) is 0 Å². The van der Waals surface area contributed by atoms with E-state index < -0.39 is 0 Å². The van der Waals surface area contributed by atoms with Crippen LogP contribution in [0, 0.1) is 5.92 Å². The van der Waals surface area contributed by atoms with Crippen molar-refractivity contribution in [2.75, 3.05) is 13.1 Å². The first kappa shape index (κ1) is 6.62. The summed E-state index contributed by atoms with van der Waals surface area (Å²) >= 11 is 0. The number of hydrogen-bond donors (Lipinski definition) is 1. The molecule has 1 saturated carbocycles. The van der Waals surface area contributed by atoms with E-state index in [4.69, 9.17) is 5.11 Å². The van der Waals surface area contributed by atoms with Crippen LogP contribution in [0.4, 0.5) is 0 Å². The molecule has 2 heteroatoms. The maximum absolute atomic E-state index is 9.03. The third-order valence-electron chi connectivity index (χ3n) is 2.70. The van der Waals surface area contributed by atoms with Gasteiger partial charge in [-0.3, -0.25) is 4.90 Å². The molecule has 0 radical (unpaired) electrons. The van der Waals surface area contributed by atoms with Crippen molar-refractivity contribution in [3.8, 4) is 0 Å². The van der Waals surface area contributed by atoms with Gasteiger partial charge in [-0.15, -0.1) is 0 Å². The predicted molar refractivity (Wildman–Crippen MR) is 39.8 cm³/mol. The molecule has 1 heterocycles. The number of aliphatic hydroxyl groups is 1. The Morgan fingerprint density at radius 3 is 2.30 bits per heavy atom. The quantitative estimate of drug-likeness (QED) is 0.573. The summed E-state index contributed by atoms with van der Waals surface area (Å²) in [6.07, 6.45) is 2.06. The third-order valence-corrected chi connectivity index (χ3v) is 2.70. The molecule has 1 saturated heterocycles. The average Bonchev–Trinajstić information content (AvgIpc) is 1.74. The summed E-state index contributed by atoms with van der Waals surface area (Å²) in [5.74, 6) is 0.901. The first-order chi connectivity index (χ1) is 4.75. The molecule has 1 aliphatic heterocycles. The van der Waals surface area contributed by atoms with E-state index in [0.29, 0.717) is 0 Å². The highest BCUT2D eigenvalue weighted by molar-refractivity contribution is 4.92. The van der Waals surface area contributed by atoms with Crippen LogP contribution >= 0.6 is 0 Å². The lowest BCUT2D eigenvalue weighted by atomic mass is 9.84. The first-order valence-electron chi connectivity index (χ1n) is 4.18. The van der Waals surface area contributed by atoms with Crippen molar-refractivity contribution in [3.63, 3.8) is 0 Å². The number of likely N-dealkylation sites (tertiary alicyclic amines) is 1. The second-order valence-electron chi connectivity index (χ2n) is 3.84. The Kier molecular flexibility index (Phi) is 1.46. The Bertz CT molecular complexity index is 109. The molecular weight excluding hydrogens is 126 g/mol. The summed E-state index contributed by atoms with van der Waals surface area (Å²) in [5, 5.41) is 9.03. The van der Waals surface area contributed by atoms with Gasteiger partial charge in [-0.25, -0.2) is 0 Å². The number of hydrogen-bond acceptors (Lipinski definition) is 2. The fourth-order valence-corrected chi connectivity index (χ4v) is 1.90. The van der Waals surface area contributed by atoms with Crippen molar-refractivity contribution in [1.82, 2.24) is 4.90 Å². The minimum Gasteiger partial charge on any atom is -0.393 e. The molecule has 58 valence electrons. The van der Waals surface area contributed by atoms with Gasteiger partial charge in [-0.05, 0) is 18.8 Å². The van der Waals surface area contributed by atoms with Crippen molar-refractivity contribution in [3.05, 3.63) is 0 Å². The van der Waals surface area contributed by atoms with Crippen LogP contribution in [-0.2, 0) is 0 Å². The minimum atomic E-state index is 0.0147. The molecule has 2 rings (SSSR count). The van der Waals surface area contributed by atoms with E-state index in [1.165, 1.54) is 13.1 Å². The summed E-state index contributed by atoms with van der Waals surface area (Å²) in [7, 11) is 0. The third kappa shape index (κ3) is 0.956. The van der Waals surface area contributed by atoms with E-state index >= 15 is 0 Å². The van der Waals surface area contributed by atoms with Crippen LogP contribution in [0.1, 0.15) is 19.8 Å². The van der Waals surface area contributed by atoms with Crippen molar-refractivity contribution in [2.24, 2.45) is 5.92 Å². The van der Waals surface area contributed by atoms with Gasteiger partial charge in [0, 0.05) is 19.1 Å². The standard InChI is InChI=1S/C8H15NO/c1-6-4-9(5-6)7-2-8(10)3-7/h6-8,10H,2-5H2,1H3. The van der Waals surface area contributed by atoms with Crippen LogP contribution in [0.2, 0.25) is 0 Å². The van der Waals surface area contributed by atoms with E-state index in [-0.39, 0.29) is 6.10 Å². The van der Waals surface area contributed by atoms with Gasteiger partial charge in [-0.1, -0.05) is 6.92 Å². The molecule has 0 unspecified atom stereocenters. The van der Waals surface area contributed by atoms with E-state index in [2.05, 4.69) is 11.8 Å². The van der Waals surface area contributed by atoms with Crippen molar-refractivity contribution < 1.29 is 5.11 Å². The molecule has 0 amide bonds. The zero-order valence-corrected chi connectivity index (χ0v) is 6.45. The van der Waals surface area contributed by atoms with Crippen LogP contribution < -0.4 is 0 Å². The monoisotopic (exact) mass is 141 g/mol. The highest BCUT2D eigenvalue weighted by Gasteiger charge is 2.37. The molecule has 10 heavy (non-hydrogen) atoms. The van der Waals surface area contributed by atoms with Crippen molar-refractivity contribution in [1.29, 1.82) is 0 Å². The van der Waals surface area contributed by atoms with Crippen LogP contribution in [0.25, 0.3) is 0 Å². The normalized spacial score (nSPS) is 42.6. The van der Waals surface area contributed by atoms with Gasteiger partial charge < -0.3 is 5.11 Å². The average molecular weight is 141 g/mol. The fourth-order valence-electron chi connectivity index (χ4n) is 1.90. The van der Waals surface area contributed by atoms with E-state index in [0.717, 1.165) is 24.8 Å². The lowest BCUT2D eigenvalue weighted by molar-refractivity contribution is -0.0434. The number of rotatable bonds is 1. The SMILES string of the molecule is CC1CN(C2CC(O)C2)C1. The lowest BCUT2D eigenvalue weighted by Crippen LogP contribution is -2.56. The topological polar surface area (TPSA) is 23.5 Å². The van der Waals surface area contributed by atoms with Crippen LogP contribution in [0.3, 0.4) is 0 Å². The molecular formula is C8H15NO. The van der Waals surface area contributed by atoms with Gasteiger partial charge in [0.1, 0.15) is 0 Å². The Morgan fingerprint density at radius 2 is 1.90 bits per heavy atom. The molecule has 0 aromatic carbocycles. The molecule has 0 atom stereocenters. The molecule has 0 bridgehead atoms. The van der Waals surface area contributed by atoms with Crippen molar-refractivity contribution >= 4 is 0 Å². The fraction of sp³-hybridized carbons (Fsp3) is 1.00. The van der Waals surface area contributed by atoms with Gasteiger partial charge in [0.05, 0.1) is 6.10 Å². The number of nitrogens with zero attached hydrogens (tertiary/aromatic N) is 1. The van der Waals surface area contributed by atoms with Gasteiger partial charge in [0.25, 0.3) is 0 Å². The maximum Gasteiger partial charge on any atom is 0.0570 e. The largest absolute Gasteiger partial charge is 0.393 e. The Balaban J connectivity index is 1.72. The second-order valence-corrected chi connectivity index (χ2v) is 3.84. The molecule has 1 N–H and O–H groups in total.